The van der Waals surface area contributed by atoms with Crippen LogP contribution in [0.15, 0.2) is 18.2 Å². The van der Waals surface area contributed by atoms with Crippen LogP contribution in [-0.4, -0.2) is 17.8 Å². The summed E-state index contributed by atoms with van der Waals surface area (Å²) in [5.74, 6) is -0.233. The van der Waals surface area contributed by atoms with Gasteiger partial charge in [0.2, 0.25) is 0 Å². The third kappa shape index (κ3) is 3.30. The predicted octanol–water partition coefficient (Wildman–Crippen LogP) is 3.09. The van der Waals surface area contributed by atoms with Gasteiger partial charge in [0, 0.05) is 11.6 Å². The monoisotopic (exact) mass is 251 g/mol. The minimum Gasteiger partial charge on any atom is -0.394 e. The molecule has 1 aromatic carbocycles. The zero-order chi connectivity index (χ0) is 13.0. The Morgan fingerprint density at radius 3 is 2.72 bits per heavy atom. The predicted molar refractivity (Wildman–Crippen MR) is 71.0 cm³/mol. The first-order chi connectivity index (χ1) is 8.70. The van der Waals surface area contributed by atoms with Crippen LogP contribution in [0.2, 0.25) is 0 Å². The summed E-state index contributed by atoms with van der Waals surface area (Å²) < 4.78 is 13.8. The second-order valence-corrected chi connectivity index (χ2v) is 5.26. The second-order valence-electron chi connectivity index (χ2n) is 5.26. The number of aryl methyl sites for hydroxylation is 1. The largest absolute Gasteiger partial charge is 0.394 e. The minimum atomic E-state index is -0.284. The fourth-order valence-electron chi connectivity index (χ4n) is 2.72. The first-order valence-electron chi connectivity index (χ1n) is 6.83. The lowest BCUT2D eigenvalue weighted by molar-refractivity contribution is 0.217. The number of nitrogens with one attached hydrogen (secondary N) is 1. The molecule has 0 spiro atoms. The number of hydrogen-bond acceptors (Lipinski definition) is 2. The summed E-state index contributed by atoms with van der Waals surface area (Å²) in [4.78, 5) is 0. The van der Waals surface area contributed by atoms with Crippen molar-refractivity contribution in [1.82, 2.24) is 5.32 Å². The third-order valence-corrected chi connectivity index (χ3v) is 3.75. The summed E-state index contributed by atoms with van der Waals surface area (Å²) in [5.41, 5.74) is 1.61. The third-order valence-electron chi connectivity index (χ3n) is 3.75. The van der Waals surface area contributed by atoms with Crippen LogP contribution in [0.25, 0.3) is 0 Å². The van der Waals surface area contributed by atoms with Crippen LogP contribution in [0.3, 0.4) is 0 Å². The molecule has 100 valence electrons. The average molecular weight is 251 g/mol. The molecule has 1 unspecified atom stereocenters. The van der Waals surface area contributed by atoms with E-state index in [0.717, 1.165) is 18.4 Å². The van der Waals surface area contributed by atoms with E-state index in [1.165, 1.54) is 25.3 Å². The van der Waals surface area contributed by atoms with Gasteiger partial charge >= 0.3 is 0 Å². The molecule has 2 nitrogen and oxygen atoms in total. The molecule has 1 fully saturated rings. The maximum atomic E-state index is 13.8. The van der Waals surface area contributed by atoms with E-state index >= 15 is 0 Å². The molecule has 18 heavy (non-hydrogen) atoms. The van der Waals surface area contributed by atoms with Crippen LogP contribution in [0.1, 0.15) is 49.3 Å². The Balaban J connectivity index is 2.09. The topological polar surface area (TPSA) is 32.3 Å². The Hall–Kier alpha value is -0.930. The van der Waals surface area contributed by atoms with Gasteiger partial charge in [-0.05, 0) is 25.8 Å². The lowest BCUT2D eigenvalue weighted by atomic mass is 9.94. The Morgan fingerprint density at radius 2 is 2.06 bits per heavy atom. The highest BCUT2D eigenvalue weighted by Crippen LogP contribution is 2.23. The zero-order valence-electron chi connectivity index (χ0n) is 11.0. The molecule has 0 amide bonds. The van der Waals surface area contributed by atoms with E-state index in [1.54, 1.807) is 6.07 Å². The molecule has 1 aliphatic rings. The number of halogens is 1. The van der Waals surface area contributed by atoms with Gasteiger partial charge < -0.3 is 10.4 Å². The van der Waals surface area contributed by atoms with E-state index in [2.05, 4.69) is 5.32 Å². The van der Waals surface area contributed by atoms with E-state index in [-0.39, 0.29) is 18.5 Å². The summed E-state index contributed by atoms with van der Waals surface area (Å²) in [6.45, 7) is 1.88. The van der Waals surface area contributed by atoms with Crippen molar-refractivity contribution in [2.75, 3.05) is 6.61 Å². The molecule has 1 atom stereocenters. The van der Waals surface area contributed by atoms with Gasteiger partial charge in [0.15, 0.2) is 0 Å². The molecule has 0 aliphatic heterocycles. The highest BCUT2D eigenvalue weighted by Gasteiger charge is 2.20. The molecular weight excluding hydrogens is 229 g/mol. The van der Waals surface area contributed by atoms with Crippen LogP contribution >= 0.6 is 0 Å². The van der Waals surface area contributed by atoms with Crippen molar-refractivity contribution in [1.29, 1.82) is 0 Å². The Kier molecular flexibility index (Phi) is 4.72. The second kappa shape index (κ2) is 6.30. The molecule has 0 radical (unpaired) electrons. The molecule has 0 saturated heterocycles. The van der Waals surface area contributed by atoms with E-state index in [0.29, 0.717) is 11.6 Å². The molecule has 1 aliphatic carbocycles. The van der Waals surface area contributed by atoms with E-state index in [9.17, 15) is 9.50 Å². The van der Waals surface area contributed by atoms with Crippen molar-refractivity contribution in [2.24, 2.45) is 0 Å². The molecule has 1 saturated carbocycles. The Labute approximate surface area is 108 Å². The summed E-state index contributed by atoms with van der Waals surface area (Å²) in [5, 5.41) is 12.9. The number of rotatable bonds is 4. The van der Waals surface area contributed by atoms with Crippen LogP contribution in [-0.2, 0) is 0 Å². The maximum absolute atomic E-state index is 13.8. The van der Waals surface area contributed by atoms with Crippen LogP contribution in [0, 0.1) is 12.7 Å². The number of benzene rings is 1. The quantitative estimate of drug-likeness (QED) is 0.862. The Morgan fingerprint density at radius 1 is 1.33 bits per heavy atom. The smallest absolute Gasteiger partial charge is 0.128 e. The molecule has 2 N–H and O–H groups in total. The highest BCUT2D eigenvalue weighted by atomic mass is 19.1. The fraction of sp³-hybridized carbons (Fsp3) is 0.600. The van der Waals surface area contributed by atoms with Gasteiger partial charge in [0.05, 0.1) is 12.6 Å². The molecule has 2 rings (SSSR count). The fourth-order valence-corrected chi connectivity index (χ4v) is 2.72. The van der Waals surface area contributed by atoms with Gasteiger partial charge in [-0.2, -0.15) is 0 Å². The van der Waals surface area contributed by atoms with Crippen molar-refractivity contribution in [2.45, 2.75) is 51.1 Å². The first-order valence-corrected chi connectivity index (χ1v) is 6.83. The molecule has 1 aromatic rings. The SMILES string of the molecule is Cc1ccc(F)c(C(CO)NC2CCCCC2)c1. The standard InChI is InChI=1S/C15H22FNO/c1-11-7-8-14(16)13(9-11)15(10-18)17-12-5-3-2-4-6-12/h7-9,12,15,17-18H,2-6,10H2,1H3. The minimum absolute atomic E-state index is 0.0587. The van der Waals surface area contributed by atoms with Crippen molar-refractivity contribution < 1.29 is 9.50 Å². The van der Waals surface area contributed by atoms with E-state index in [1.807, 2.05) is 13.0 Å². The summed E-state index contributed by atoms with van der Waals surface area (Å²) >= 11 is 0. The molecule has 3 heteroatoms. The normalized spacial score (nSPS) is 18.8. The lowest BCUT2D eigenvalue weighted by Gasteiger charge is -2.28. The number of aliphatic hydroxyl groups is 1. The van der Waals surface area contributed by atoms with Crippen molar-refractivity contribution in [3.63, 3.8) is 0 Å². The highest BCUT2D eigenvalue weighted by molar-refractivity contribution is 5.27. The molecule has 0 heterocycles. The van der Waals surface area contributed by atoms with E-state index < -0.39 is 0 Å². The van der Waals surface area contributed by atoms with Crippen molar-refractivity contribution in [3.05, 3.63) is 35.1 Å². The number of aliphatic hydroxyl groups excluding tert-OH is 1. The maximum Gasteiger partial charge on any atom is 0.128 e. The van der Waals surface area contributed by atoms with Gasteiger partial charge in [-0.25, -0.2) is 4.39 Å². The average Bonchev–Trinajstić information content (AvgIpc) is 2.40. The van der Waals surface area contributed by atoms with Crippen molar-refractivity contribution in [3.8, 4) is 0 Å². The van der Waals surface area contributed by atoms with Crippen LogP contribution in [0.5, 0.6) is 0 Å². The zero-order valence-corrected chi connectivity index (χ0v) is 11.0. The molecule has 0 aromatic heterocycles. The summed E-state index contributed by atoms with van der Waals surface area (Å²) in [6, 6.07) is 5.19. The van der Waals surface area contributed by atoms with Crippen LogP contribution in [0.4, 0.5) is 4.39 Å². The van der Waals surface area contributed by atoms with Gasteiger partial charge in [-0.1, -0.05) is 37.0 Å². The van der Waals surface area contributed by atoms with Gasteiger partial charge in [0.25, 0.3) is 0 Å². The summed E-state index contributed by atoms with van der Waals surface area (Å²) in [7, 11) is 0. The Bertz CT molecular complexity index is 388. The van der Waals surface area contributed by atoms with Gasteiger partial charge in [-0.15, -0.1) is 0 Å². The molecule has 0 bridgehead atoms. The number of hydrogen-bond donors (Lipinski definition) is 2. The van der Waals surface area contributed by atoms with Gasteiger partial charge in [0.1, 0.15) is 5.82 Å². The summed E-state index contributed by atoms with van der Waals surface area (Å²) in [6.07, 6.45) is 6.01. The van der Waals surface area contributed by atoms with E-state index in [4.69, 9.17) is 0 Å². The first kappa shape index (κ1) is 13.5. The van der Waals surface area contributed by atoms with Crippen LogP contribution < -0.4 is 5.32 Å². The lowest BCUT2D eigenvalue weighted by Crippen LogP contribution is -2.36. The molecular formula is C15H22FNO. The van der Waals surface area contributed by atoms with Crippen molar-refractivity contribution >= 4 is 0 Å². The van der Waals surface area contributed by atoms with Gasteiger partial charge in [-0.3, -0.25) is 0 Å².